The Labute approximate surface area is 131 Å². The molecule has 0 fully saturated rings. The summed E-state index contributed by atoms with van der Waals surface area (Å²) < 4.78 is 0.989. The van der Waals surface area contributed by atoms with Crippen LogP contribution in [0.15, 0.2) is 15.9 Å². The Balaban J connectivity index is 2.74. The standard InChI is InChI=1S/C13H19BrN2O3S/c1-4-9(2)16(7-12(17)18)13(19)15(3)6-11-5-10(14)8-20-11/h5,8-9H,4,6-7H2,1-3H3,(H,17,18). The van der Waals surface area contributed by atoms with Gasteiger partial charge in [-0.1, -0.05) is 6.92 Å². The predicted octanol–water partition coefficient (Wildman–Crippen LogP) is 3.25. The lowest BCUT2D eigenvalue weighted by atomic mass is 10.2. The molecule has 1 unspecified atom stereocenters. The molecule has 5 nitrogen and oxygen atoms in total. The number of urea groups is 1. The first kappa shape index (κ1) is 17.0. The molecule has 0 aromatic carbocycles. The minimum atomic E-state index is -0.995. The van der Waals surface area contributed by atoms with E-state index in [9.17, 15) is 9.59 Å². The lowest BCUT2D eigenvalue weighted by Crippen LogP contribution is -2.47. The third-order valence-electron chi connectivity index (χ3n) is 3.02. The second-order valence-corrected chi connectivity index (χ2v) is 6.56. The second-order valence-electron chi connectivity index (χ2n) is 4.65. The average molecular weight is 363 g/mol. The molecule has 0 saturated heterocycles. The Kier molecular flexibility index (Phi) is 6.48. The van der Waals surface area contributed by atoms with Gasteiger partial charge in [0.2, 0.25) is 0 Å². The number of halogens is 1. The third-order valence-corrected chi connectivity index (χ3v) is 4.70. The fourth-order valence-electron chi connectivity index (χ4n) is 1.74. The minimum Gasteiger partial charge on any atom is -0.480 e. The Bertz CT molecular complexity index is 478. The number of carbonyl (C=O) groups is 2. The molecule has 7 heteroatoms. The molecular formula is C13H19BrN2O3S. The Morgan fingerprint density at radius 3 is 2.60 bits per heavy atom. The largest absolute Gasteiger partial charge is 0.480 e. The molecule has 0 aliphatic rings. The van der Waals surface area contributed by atoms with Crippen LogP contribution in [-0.2, 0) is 11.3 Å². The summed E-state index contributed by atoms with van der Waals surface area (Å²) in [6, 6.07) is 1.60. The molecule has 1 N–H and O–H groups in total. The number of hydrogen-bond acceptors (Lipinski definition) is 3. The van der Waals surface area contributed by atoms with Gasteiger partial charge >= 0.3 is 12.0 Å². The molecule has 112 valence electrons. The van der Waals surface area contributed by atoms with Crippen LogP contribution in [0.2, 0.25) is 0 Å². The van der Waals surface area contributed by atoms with Gasteiger partial charge in [0.15, 0.2) is 0 Å². The maximum absolute atomic E-state index is 12.4. The topological polar surface area (TPSA) is 60.9 Å². The maximum Gasteiger partial charge on any atom is 0.323 e. The van der Waals surface area contributed by atoms with Crippen molar-refractivity contribution in [3.8, 4) is 0 Å². The molecule has 1 rings (SSSR count). The van der Waals surface area contributed by atoms with Gasteiger partial charge in [-0.15, -0.1) is 11.3 Å². The van der Waals surface area contributed by atoms with Gasteiger partial charge in [0.1, 0.15) is 6.54 Å². The normalized spacial score (nSPS) is 12.0. The summed E-state index contributed by atoms with van der Waals surface area (Å²) in [5.41, 5.74) is 0. The van der Waals surface area contributed by atoms with Crippen LogP contribution in [-0.4, -0.2) is 46.5 Å². The Morgan fingerprint density at radius 2 is 2.15 bits per heavy atom. The van der Waals surface area contributed by atoms with Crippen LogP contribution >= 0.6 is 27.3 Å². The fraction of sp³-hybridized carbons (Fsp3) is 0.538. The molecule has 2 amide bonds. The number of hydrogen-bond donors (Lipinski definition) is 1. The van der Waals surface area contributed by atoms with Crippen LogP contribution in [0.5, 0.6) is 0 Å². The van der Waals surface area contributed by atoms with Crippen LogP contribution in [0.3, 0.4) is 0 Å². The zero-order valence-electron chi connectivity index (χ0n) is 11.8. The summed E-state index contributed by atoms with van der Waals surface area (Å²) in [6.45, 7) is 3.99. The number of carboxylic acids is 1. The highest BCUT2D eigenvalue weighted by atomic mass is 79.9. The van der Waals surface area contributed by atoms with Crippen molar-refractivity contribution in [2.24, 2.45) is 0 Å². The number of aliphatic carboxylic acids is 1. The summed E-state index contributed by atoms with van der Waals surface area (Å²) in [7, 11) is 1.69. The molecule has 0 aliphatic carbocycles. The molecule has 1 atom stereocenters. The van der Waals surface area contributed by atoms with Crippen molar-refractivity contribution in [1.29, 1.82) is 0 Å². The van der Waals surface area contributed by atoms with Crippen molar-refractivity contribution in [2.75, 3.05) is 13.6 Å². The van der Waals surface area contributed by atoms with E-state index in [1.54, 1.807) is 23.3 Å². The minimum absolute atomic E-state index is 0.101. The molecule has 0 bridgehead atoms. The molecule has 0 spiro atoms. The first-order valence-corrected chi connectivity index (χ1v) is 7.98. The van der Waals surface area contributed by atoms with E-state index in [1.165, 1.54) is 4.90 Å². The zero-order valence-corrected chi connectivity index (χ0v) is 14.2. The molecule has 1 heterocycles. The molecule has 20 heavy (non-hydrogen) atoms. The van der Waals surface area contributed by atoms with Gasteiger partial charge in [-0.25, -0.2) is 4.79 Å². The van der Waals surface area contributed by atoms with E-state index >= 15 is 0 Å². The van der Waals surface area contributed by atoms with E-state index < -0.39 is 5.97 Å². The summed E-state index contributed by atoms with van der Waals surface area (Å²) in [4.78, 5) is 27.3. The van der Waals surface area contributed by atoms with E-state index in [-0.39, 0.29) is 18.6 Å². The first-order valence-electron chi connectivity index (χ1n) is 6.31. The predicted molar refractivity (Wildman–Crippen MR) is 83.0 cm³/mol. The summed E-state index contributed by atoms with van der Waals surface area (Å²) in [5.74, 6) is -0.995. The van der Waals surface area contributed by atoms with E-state index in [0.29, 0.717) is 6.54 Å². The molecule has 0 saturated carbocycles. The van der Waals surface area contributed by atoms with E-state index in [1.807, 2.05) is 25.3 Å². The average Bonchev–Trinajstić information content (AvgIpc) is 2.79. The highest BCUT2D eigenvalue weighted by molar-refractivity contribution is 9.10. The number of carbonyl (C=O) groups excluding carboxylic acids is 1. The third kappa shape index (κ3) is 4.79. The lowest BCUT2D eigenvalue weighted by molar-refractivity contribution is -0.138. The number of rotatable bonds is 6. The SMILES string of the molecule is CCC(C)N(CC(=O)O)C(=O)N(C)Cc1cc(Br)cs1. The van der Waals surface area contributed by atoms with Crippen molar-refractivity contribution in [2.45, 2.75) is 32.9 Å². The van der Waals surface area contributed by atoms with Gasteiger partial charge in [0, 0.05) is 27.8 Å². The zero-order chi connectivity index (χ0) is 15.3. The number of amides is 2. The lowest BCUT2D eigenvalue weighted by Gasteiger charge is -2.31. The molecule has 1 aromatic heterocycles. The van der Waals surface area contributed by atoms with Gasteiger partial charge in [-0.05, 0) is 35.3 Å². The Morgan fingerprint density at radius 1 is 1.50 bits per heavy atom. The smallest absolute Gasteiger partial charge is 0.323 e. The quantitative estimate of drug-likeness (QED) is 0.844. The summed E-state index contributed by atoms with van der Waals surface area (Å²) in [6.07, 6.45) is 0.720. The monoisotopic (exact) mass is 362 g/mol. The highest BCUT2D eigenvalue weighted by Crippen LogP contribution is 2.21. The number of carboxylic acid groups (broad SMARTS) is 1. The van der Waals surface area contributed by atoms with Gasteiger partial charge in [0.25, 0.3) is 0 Å². The fourth-order valence-corrected chi connectivity index (χ4v) is 3.24. The van der Waals surface area contributed by atoms with Crippen molar-refractivity contribution in [3.63, 3.8) is 0 Å². The first-order chi connectivity index (χ1) is 9.35. The Hall–Kier alpha value is -1.08. The van der Waals surface area contributed by atoms with Gasteiger partial charge in [0.05, 0.1) is 6.54 Å². The summed E-state index contributed by atoms with van der Waals surface area (Å²) in [5, 5.41) is 10.9. The summed E-state index contributed by atoms with van der Waals surface area (Å²) >= 11 is 4.93. The number of thiophene rings is 1. The van der Waals surface area contributed by atoms with Crippen molar-refractivity contribution >= 4 is 39.3 Å². The van der Waals surface area contributed by atoms with Crippen LogP contribution < -0.4 is 0 Å². The van der Waals surface area contributed by atoms with Crippen molar-refractivity contribution < 1.29 is 14.7 Å². The second kappa shape index (κ2) is 7.64. The van der Waals surface area contributed by atoms with Crippen molar-refractivity contribution in [3.05, 3.63) is 20.8 Å². The van der Waals surface area contributed by atoms with Gasteiger partial charge in [-0.2, -0.15) is 0 Å². The van der Waals surface area contributed by atoms with Gasteiger partial charge < -0.3 is 14.9 Å². The molecule has 1 aromatic rings. The maximum atomic E-state index is 12.4. The number of nitrogens with zero attached hydrogens (tertiary/aromatic N) is 2. The van der Waals surface area contributed by atoms with E-state index in [4.69, 9.17) is 5.11 Å². The molecule has 0 aliphatic heterocycles. The van der Waals surface area contributed by atoms with Crippen LogP contribution in [0, 0.1) is 0 Å². The van der Waals surface area contributed by atoms with Crippen LogP contribution in [0.25, 0.3) is 0 Å². The van der Waals surface area contributed by atoms with Gasteiger partial charge in [-0.3, -0.25) is 4.79 Å². The highest BCUT2D eigenvalue weighted by Gasteiger charge is 2.24. The van der Waals surface area contributed by atoms with Crippen molar-refractivity contribution in [1.82, 2.24) is 9.80 Å². The molecule has 0 radical (unpaired) electrons. The van der Waals surface area contributed by atoms with E-state index in [2.05, 4.69) is 15.9 Å². The molecular weight excluding hydrogens is 344 g/mol. The van der Waals surface area contributed by atoms with Crippen LogP contribution in [0.1, 0.15) is 25.1 Å². The van der Waals surface area contributed by atoms with Crippen LogP contribution in [0.4, 0.5) is 4.79 Å². The van der Waals surface area contributed by atoms with E-state index in [0.717, 1.165) is 15.8 Å².